The third kappa shape index (κ3) is 7.61. The molecule has 0 aliphatic rings. The molecular formula is C17H31N3. The van der Waals surface area contributed by atoms with Crippen LogP contribution in [-0.2, 0) is 6.54 Å². The van der Waals surface area contributed by atoms with Gasteiger partial charge in [0.2, 0.25) is 0 Å². The van der Waals surface area contributed by atoms with E-state index in [1.807, 2.05) is 13.0 Å². The highest BCUT2D eigenvalue weighted by Crippen LogP contribution is 2.05. The van der Waals surface area contributed by atoms with Gasteiger partial charge in [0.05, 0.1) is 5.69 Å². The minimum atomic E-state index is 0.652. The third-order valence-corrected chi connectivity index (χ3v) is 3.55. The van der Waals surface area contributed by atoms with Gasteiger partial charge in [-0.3, -0.25) is 4.98 Å². The molecule has 0 amide bonds. The molecule has 0 saturated heterocycles. The topological polar surface area (TPSA) is 28.2 Å². The van der Waals surface area contributed by atoms with E-state index in [0.29, 0.717) is 6.04 Å². The van der Waals surface area contributed by atoms with E-state index in [0.717, 1.165) is 25.3 Å². The van der Waals surface area contributed by atoms with Crippen LogP contribution in [0.15, 0.2) is 18.2 Å². The van der Waals surface area contributed by atoms with Gasteiger partial charge in [0, 0.05) is 18.3 Å². The smallest absolute Gasteiger partial charge is 0.0547 e. The average Bonchev–Trinajstić information content (AvgIpc) is 2.41. The molecular weight excluding hydrogens is 246 g/mol. The second-order valence-corrected chi connectivity index (χ2v) is 5.86. The second-order valence-electron chi connectivity index (χ2n) is 5.86. The largest absolute Gasteiger partial charge is 0.314 e. The van der Waals surface area contributed by atoms with E-state index in [9.17, 15) is 0 Å². The van der Waals surface area contributed by atoms with E-state index < -0.39 is 0 Å². The van der Waals surface area contributed by atoms with Gasteiger partial charge >= 0.3 is 0 Å². The molecule has 1 aromatic rings. The van der Waals surface area contributed by atoms with E-state index in [-0.39, 0.29) is 0 Å². The van der Waals surface area contributed by atoms with Crippen LogP contribution < -0.4 is 5.32 Å². The van der Waals surface area contributed by atoms with Crippen LogP contribution in [-0.4, -0.2) is 36.1 Å². The van der Waals surface area contributed by atoms with Crippen molar-refractivity contribution in [3.05, 3.63) is 29.6 Å². The number of unbranched alkanes of at least 4 members (excludes halogenated alkanes) is 1. The Morgan fingerprint density at radius 2 is 2.10 bits per heavy atom. The van der Waals surface area contributed by atoms with Crippen LogP contribution in [0, 0.1) is 6.92 Å². The summed E-state index contributed by atoms with van der Waals surface area (Å²) in [6.07, 6.45) is 5.05. The molecule has 1 aromatic heterocycles. The molecule has 3 nitrogen and oxygen atoms in total. The number of hydrogen-bond acceptors (Lipinski definition) is 3. The molecule has 1 atom stereocenters. The molecule has 0 aliphatic heterocycles. The molecule has 1 N–H and O–H groups in total. The van der Waals surface area contributed by atoms with Crippen molar-refractivity contribution in [2.24, 2.45) is 0 Å². The van der Waals surface area contributed by atoms with Crippen molar-refractivity contribution in [1.29, 1.82) is 0 Å². The number of rotatable bonds is 10. The maximum absolute atomic E-state index is 4.55. The fourth-order valence-electron chi connectivity index (χ4n) is 2.37. The Hall–Kier alpha value is -0.930. The Morgan fingerprint density at radius 3 is 2.80 bits per heavy atom. The summed E-state index contributed by atoms with van der Waals surface area (Å²) in [4.78, 5) is 6.92. The van der Waals surface area contributed by atoms with Gasteiger partial charge < -0.3 is 10.2 Å². The zero-order chi connectivity index (χ0) is 14.8. The highest BCUT2D eigenvalue weighted by molar-refractivity contribution is 5.09. The first kappa shape index (κ1) is 17.1. The van der Waals surface area contributed by atoms with Gasteiger partial charge in [-0.25, -0.2) is 0 Å². The van der Waals surface area contributed by atoms with Crippen LogP contribution in [0.25, 0.3) is 0 Å². The summed E-state index contributed by atoms with van der Waals surface area (Å²) in [6.45, 7) is 9.79. The summed E-state index contributed by atoms with van der Waals surface area (Å²) in [5.41, 5.74) is 2.28. The van der Waals surface area contributed by atoms with Crippen LogP contribution in [0.4, 0.5) is 0 Å². The van der Waals surface area contributed by atoms with E-state index in [1.165, 1.54) is 31.4 Å². The molecule has 0 saturated carbocycles. The zero-order valence-corrected chi connectivity index (χ0v) is 13.7. The molecule has 1 unspecified atom stereocenters. The SMILES string of the molecule is CCCNC(C)CCCCN(C)Cc1cccc(C)n1. The molecule has 0 bridgehead atoms. The molecule has 0 aromatic carbocycles. The van der Waals surface area contributed by atoms with E-state index >= 15 is 0 Å². The van der Waals surface area contributed by atoms with Crippen LogP contribution in [0.1, 0.15) is 50.9 Å². The minimum Gasteiger partial charge on any atom is -0.314 e. The lowest BCUT2D eigenvalue weighted by molar-refractivity contribution is 0.310. The van der Waals surface area contributed by atoms with Crippen molar-refractivity contribution < 1.29 is 0 Å². The van der Waals surface area contributed by atoms with Crippen molar-refractivity contribution >= 4 is 0 Å². The zero-order valence-electron chi connectivity index (χ0n) is 13.7. The van der Waals surface area contributed by atoms with Gasteiger partial charge in [-0.1, -0.05) is 19.4 Å². The maximum Gasteiger partial charge on any atom is 0.0547 e. The van der Waals surface area contributed by atoms with Gasteiger partial charge in [-0.2, -0.15) is 0 Å². The maximum atomic E-state index is 4.55. The number of nitrogens with zero attached hydrogens (tertiary/aromatic N) is 2. The first-order valence-corrected chi connectivity index (χ1v) is 7.96. The summed E-state index contributed by atoms with van der Waals surface area (Å²) in [6, 6.07) is 6.90. The van der Waals surface area contributed by atoms with Gasteiger partial charge in [0.15, 0.2) is 0 Å². The Kier molecular flexibility index (Phi) is 8.47. The number of hydrogen-bond donors (Lipinski definition) is 1. The average molecular weight is 277 g/mol. The quantitative estimate of drug-likeness (QED) is 0.665. The lowest BCUT2D eigenvalue weighted by Gasteiger charge is -2.17. The molecule has 0 fully saturated rings. The molecule has 0 aliphatic carbocycles. The summed E-state index contributed by atoms with van der Waals surface area (Å²) in [5.74, 6) is 0. The van der Waals surface area contributed by atoms with E-state index in [2.05, 4.69) is 48.2 Å². The number of nitrogens with one attached hydrogen (secondary N) is 1. The van der Waals surface area contributed by atoms with Gasteiger partial charge in [0.1, 0.15) is 0 Å². The number of aromatic nitrogens is 1. The van der Waals surface area contributed by atoms with Gasteiger partial charge in [-0.05, 0) is 65.4 Å². The van der Waals surface area contributed by atoms with Gasteiger partial charge in [0.25, 0.3) is 0 Å². The lowest BCUT2D eigenvalue weighted by atomic mass is 10.1. The van der Waals surface area contributed by atoms with E-state index in [4.69, 9.17) is 0 Å². The third-order valence-electron chi connectivity index (χ3n) is 3.55. The first-order valence-electron chi connectivity index (χ1n) is 7.96. The van der Waals surface area contributed by atoms with Gasteiger partial charge in [-0.15, -0.1) is 0 Å². The van der Waals surface area contributed by atoms with Crippen molar-refractivity contribution in [1.82, 2.24) is 15.2 Å². The van der Waals surface area contributed by atoms with Crippen molar-refractivity contribution in [3.63, 3.8) is 0 Å². The normalized spacial score (nSPS) is 12.8. The van der Waals surface area contributed by atoms with Crippen LogP contribution in [0.3, 0.4) is 0 Å². The summed E-state index contributed by atoms with van der Waals surface area (Å²) in [5, 5.41) is 3.54. The Morgan fingerprint density at radius 1 is 1.30 bits per heavy atom. The van der Waals surface area contributed by atoms with Crippen molar-refractivity contribution in [2.45, 2.75) is 59.0 Å². The fraction of sp³-hybridized carbons (Fsp3) is 0.706. The summed E-state index contributed by atoms with van der Waals surface area (Å²) in [7, 11) is 2.18. The molecule has 0 radical (unpaired) electrons. The lowest BCUT2D eigenvalue weighted by Crippen LogP contribution is -2.27. The second kappa shape index (κ2) is 9.89. The van der Waals surface area contributed by atoms with Crippen LogP contribution in [0.2, 0.25) is 0 Å². The fourth-order valence-corrected chi connectivity index (χ4v) is 2.37. The Bertz CT molecular complexity index is 365. The minimum absolute atomic E-state index is 0.652. The highest BCUT2D eigenvalue weighted by atomic mass is 15.1. The number of aryl methyl sites for hydroxylation is 1. The first-order chi connectivity index (χ1) is 9.61. The molecule has 114 valence electrons. The van der Waals surface area contributed by atoms with Crippen LogP contribution in [0.5, 0.6) is 0 Å². The van der Waals surface area contributed by atoms with Crippen molar-refractivity contribution in [2.75, 3.05) is 20.1 Å². The Balaban J connectivity index is 2.12. The predicted octanol–water partition coefficient (Wildman–Crippen LogP) is 3.38. The molecule has 3 heteroatoms. The molecule has 20 heavy (non-hydrogen) atoms. The summed E-state index contributed by atoms with van der Waals surface area (Å²) < 4.78 is 0. The number of pyridine rings is 1. The summed E-state index contributed by atoms with van der Waals surface area (Å²) >= 11 is 0. The van der Waals surface area contributed by atoms with Crippen LogP contribution >= 0.6 is 0 Å². The molecule has 1 heterocycles. The Labute approximate surface area is 124 Å². The van der Waals surface area contributed by atoms with E-state index in [1.54, 1.807) is 0 Å². The molecule has 0 spiro atoms. The molecule has 1 rings (SSSR count). The van der Waals surface area contributed by atoms with Crippen molar-refractivity contribution in [3.8, 4) is 0 Å². The standard InChI is InChI=1S/C17H31N3/c1-5-12-18-15(2)9-6-7-13-20(4)14-17-11-8-10-16(3)19-17/h8,10-11,15,18H,5-7,9,12-14H2,1-4H3. The monoisotopic (exact) mass is 277 g/mol. The predicted molar refractivity (Wildman–Crippen MR) is 86.9 cm³/mol. The highest BCUT2D eigenvalue weighted by Gasteiger charge is 2.03.